The molecule has 0 saturated carbocycles. The summed E-state index contributed by atoms with van der Waals surface area (Å²) < 4.78 is 0. The first kappa shape index (κ1) is 19.0. The van der Waals surface area contributed by atoms with E-state index in [4.69, 9.17) is 0 Å². The molecule has 0 amide bonds. The Morgan fingerprint density at radius 2 is 1.56 bits per heavy atom. The van der Waals surface area contributed by atoms with Crippen molar-refractivity contribution in [2.75, 3.05) is 6.54 Å². The fraction of sp³-hybridized carbons (Fsp3) is 0.292. The molecule has 1 unspecified atom stereocenters. The van der Waals surface area contributed by atoms with Crippen LogP contribution in [0, 0.1) is 5.92 Å². The zero-order valence-electron chi connectivity index (χ0n) is 16.3. The monoisotopic (exact) mass is 360 g/mol. The number of oxime groups is 1. The van der Waals surface area contributed by atoms with Crippen LogP contribution in [0.5, 0.6) is 0 Å². The van der Waals surface area contributed by atoms with Crippen LogP contribution < -0.4 is 0 Å². The molecule has 140 valence electrons. The van der Waals surface area contributed by atoms with Gasteiger partial charge in [-0.05, 0) is 35.6 Å². The molecule has 0 aliphatic carbocycles. The highest BCUT2D eigenvalue weighted by atomic mass is 16.4. The SMILES string of the molecule is CC(C)CN(C(=NO)c1cccc2ccccc12)C(C)Cc1ccccc1. The van der Waals surface area contributed by atoms with Gasteiger partial charge in [-0.15, -0.1) is 0 Å². The third-order valence-electron chi connectivity index (χ3n) is 4.87. The van der Waals surface area contributed by atoms with Gasteiger partial charge in [0.2, 0.25) is 0 Å². The third-order valence-corrected chi connectivity index (χ3v) is 4.87. The molecule has 27 heavy (non-hydrogen) atoms. The molecular formula is C24H28N2O. The summed E-state index contributed by atoms with van der Waals surface area (Å²) in [6.07, 6.45) is 0.900. The number of hydrogen-bond donors (Lipinski definition) is 1. The van der Waals surface area contributed by atoms with Gasteiger partial charge < -0.3 is 10.1 Å². The summed E-state index contributed by atoms with van der Waals surface area (Å²) >= 11 is 0. The summed E-state index contributed by atoms with van der Waals surface area (Å²) in [7, 11) is 0. The van der Waals surface area contributed by atoms with Gasteiger partial charge in [0.25, 0.3) is 0 Å². The van der Waals surface area contributed by atoms with Crippen molar-refractivity contribution in [3.8, 4) is 0 Å². The van der Waals surface area contributed by atoms with Gasteiger partial charge in [0, 0.05) is 18.2 Å². The van der Waals surface area contributed by atoms with Gasteiger partial charge in [0.15, 0.2) is 5.84 Å². The summed E-state index contributed by atoms with van der Waals surface area (Å²) in [4.78, 5) is 2.24. The highest BCUT2D eigenvalue weighted by Crippen LogP contribution is 2.23. The zero-order valence-corrected chi connectivity index (χ0v) is 16.3. The second-order valence-electron chi connectivity index (χ2n) is 7.54. The molecule has 0 fully saturated rings. The van der Waals surface area contributed by atoms with E-state index in [1.165, 1.54) is 5.56 Å². The molecule has 0 saturated heterocycles. The van der Waals surface area contributed by atoms with E-state index in [0.717, 1.165) is 29.3 Å². The van der Waals surface area contributed by atoms with Crippen LogP contribution in [-0.4, -0.2) is 28.5 Å². The predicted octanol–water partition coefficient (Wildman–Crippen LogP) is 5.56. The molecule has 3 heteroatoms. The molecule has 3 rings (SSSR count). The van der Waals surface area contributed by atoms with Crippen LogP contribution in [0.4, 0.5) is 0 Å². The largest absolute Gasteiger partial charge is 0.409 e. The molecule has 1 N–H and O–H groups in total. The lowest BCUT2D eigenvalue weighted by molar-refractivity contribution is 0.262. The lowest BCUT2D eigenvalue weighted by Crippen LogP contribution is -2.42. The second kappa shape index (κ2) is 8.72. The molecule has 3 nitrogen and oxygen atoms in total. The lowest BCUT2D eigenvalue weighted by Gasteiger charge is -2.33. The normalized spacial score (nSPS) is 13.1. The van der Waals surface area contributed by atoms with E-state index in [-0.39, 0.29) is 6.04 Å². The molecule has 0 bridgehead atoms. The van der Waals surface area contributed by atoms with Gasteiger partial charge in [-0.3, -0.25) is 0 Å². The molecule has 0 spiro atoms. The summed E-state index contributed by atoms with van der Waals surface area (Å²) in [5.74, 6) is 1.10. The van der Waals surface area contributed by atoms with Crippen molar-refractivity contribution in [3.63, 3.8) is 0 Å². The van der Waals surface area contributed by atoms with Gasteiger partial charge in [-0.2, -0.15) is 0 Å². The first-order valence-corrected chi connectivity index (χ1v) is 9.61. The number of nitrogens with zero attached hydrogens (tertiary/aromatic N) is 2. The van der Waals surface area contributed by atoms with Crippen LogP contribution in [0.3, 0.4) is 0 Å². The maximum Gasteiger partial charge on any atom is 0.176 e. The van der Waals surface area contributed by atoms with Crippen molar-refractivity contribution < 1.29 is 5.21 Å². The van der Waals surface area contributed by atoms with E-state index < -0.39 is 0 Å². The standard InChI is InChI=1S/C24H28N2O/c1-18(2)17-26(19(3)16-20-10-5-4-6-11-20)24(25-27)23-15-9-13-21-12-7-8-14-22(21)23/h4-15,18-19,27H,16-17H2,1-3H3. The third kappa shape index (κ3) is 4.48. The van der Waals surface area contributed by atoms with Gasteiger partial charge in [-0.25, -0.2) is 0 Å². The zero-order chi connectivity index (χ0) is 19.2. The molecule has 0 radical (unpaired) electrons. The Kier molecular flexibility index (Phi) is 6.12. The molecule has 0 aliphatic rings. The van der Waals surface area contributed by atoms with E-state index >= 15 is 0 Å². The van der Waals surface area contributed by atoms with Gasteiger partial charge in [0.1, 0.15) is 0 Å². The minimum atomic E-state index is 0.208. The molecule has 1 atom stereocenters. The summed E-state index contributed by atoms with van der Waals surface area (Å²) in [6.45, 7) is 7.42. The number of hydrogen-bond acceptors (Lipinski definition) is 2. The molecule has 0 aliphatic heterocycles. The number of fused-ring (bicyclic) bond motifs is 1. The van der Waals surface area contributed by atoms with Crippen LogP contribution in [0.1, 0.15) is 31.9 Å². The van der Waals surface area contributed by atoms with Crippen LogP contribution in [-0.2, 0) is 6.42 Å². The Hall–Kier alpha value is -2.81. The fourth-order valence-corrected chi connectivity index (χ4v) is 3.62. The van der Waals surface area contributed by atoms with Gasteiger partial charge in [0.05, 0.1) is 0 Å². The smallest absolute Gasteiger partial charge is 0.176 e. The summed E-state index contributed by atoms with van der Waals surface area (Å²) in [6, 6.07) is 25.1. The Labute approximate surface area is 161 Å². The Balaban J connectivity index is 1.99. The van der Waals surface area contributed by atoms with Crippen molar-refractivity contribution in [1.82, 2.24) is 4.90 Å². The fourth-order valence-electron chi connectivity index (χ4n) is 3.62. The molecule has 3 aromatic carbocycles. The number of amidine groups is 1. The summed E-state index contributed by atoms with van der Waals surface area (Å²) in [5.41, 5.74) is 2.25. The minimum Gasteiger partial charge on any atom is -0.409 e. The quantitative estimate of drug-likeness (QED) is 0.270. The van der Waals surface area contributed by atoms with Crippen LogP contribution in [0.2, 0.25) is 0 Å². The van der Waals surface area contributed by atoms with Gasteiger partial charge >= 0.3 is 0 Å². The van der Waals surface area contributed by atoms with Crippen LogP contribution in [0.15, 0.2) is 78.0 Å². The predicted molar refractivity (Wildman–Crippen MR) is 113 cm³/mol. The van der Waals surface area contributed by atoms with Crippen LogP contribution in [0.25, 0.3) is 10.8 Å². The molecular weight excluding hydrogens is 332 g/mol. The number of benzene rings is 3. The maximum absolute atomic E-state index is 9.98. The van der Waals surface area contributed by atoms with Gasteiger partial charge in [-0.1, -0.05) is 91.8 Å². The van der Waals surface area contributed by atoms with E-state index in [1.54, 1.807) is 0 Å². The highest BCUT2D eigenvalue weighted by Gasteiger charge is 2.23. The topological polar surface area (TPSA) is 35.8 Å². The van der Waals surface area contributed by atoms with E-state index in [1.807, 2.05) is 30.3 Å². The van der Waals surface area contributed by atoms with Crippen molar-refractivity contribution in [1.29, 1.82) is 0 Å². The van der Waals surface area contributed by atoms with Crippen molar-refractivity contribution in [3.05, 3.63) is 83.9 Å². The highest BCUT2D eigenvalue weighted by molar-refractivity contribution is 6.09. The molecule has 3 aromatic rings. The van der Waals surface area contributed by atoms with Crippen molar-refractivity contribution in [2.45, 2.75) is 33.2 Å². The first-order valence-electron chi connectivity index (χ1n) is 9.61. The van der Waals surface area contributed by atoms with E-state index in [9.17, 15) is 5.21 Å². The lowest BCUT2D eigenvalue weighted by atomic mass is 10.00. The maximum atomic E-state index is 9.98. The first-order chi connectivity index (χ1) is 13.1. The molecule has 0 aromatic heterocycles. The number of rotatable bonds is 6. The van der Waals surface area contributed by atoms with Crippen molar-refractivity contribution >= 4 is 16.6 Å². The van der Waals surface area contributed by atoms with Crippen LogP contribution >= 0.6 is 0 Å². The Bertz CT molecular complexity index is 897. The summed E-state index contributed by atoms with van der Waals surface area (Å²) in [5, 5.41) is 16.0. The minimum absolute atomic E-state index is 0.208. The average Bonchev–Trinajstić information content (AvgIpc) is 2.68. The Morgan fingerprint density at radius 1 is 0.889 bits per heavy atom. The van der Waals surface area contributed by atoms with E-state index in [0.29, 0.717) is 11.8 Å². The average molecular weight is 361 g/mol. The molecule has 0 heterocycles. The Morgan fingerprint density at radius 3 is 2.26 bits per heavy atom. The van der Waals surface area contributed by atoms with Crippen molar-refractivity contribution in [2.24, 2.45) is 11.1 Å². The second-order valence-corrected chi connectivity index (χ2v) is 7.54. The van der Waals surface area contributed by atoms with E-state index in [2.05, 4.69) is 73.3 Å².